The number of methoxy groups -OCH3 is 1. The Labute approximate surface area is 195 Å². The fraction of sp³-hybridized carbons (Fsp3) is 0.143. The van der Waals surface area contributed by atoms with Crippen LogP contribution in [0.1, 0.15) is 6.92 Å². The number of halogens is 2. The highest BCUT2D eigenvalue weighted by Crippen LogP contribution is 2.31. The van der Waals surface area contributed by atoms with Crippen LogP contribution in [0.3, 0.4) is 0 Å². The van der Waals surface area contributed by atoms with Crippen molar-refractivity contribution in [3.05, 3.63) is 59.5 Å². The van der Waals surface area contributed by atoms with E-state index in [2.05, 4.69) is 20.5 Å². The Morgan fingerprint density at radius 2 is 2.00 bits per heavy atom. The maximum absolute atomic E-state index is 13.5. The Morgan fingerprint density at radius 3 is 2.76 bits per heavy atom. The van der Waals surface area contributed by atoms with E-state index in [0.717, 1.165) is 23.9 Å². The summed E-state index contributed by atoms with van der Waals surface area (Å²) in [6, 6.07) is 10.8. The molecule has 0 aliphatic carbocycles. The van der Waals surface area contributed by atoms with E-state index in [-0.39, 0.29) is 5.91 Å². The normalized spacial score (nSPS) is 11.9. The number of para-hydroxylation sites is 1. The number of amides is 1. The smallest absolute Gasteiger partial charge is 0.239 e. The van der Waals surface area contributed by atoms with Gasteiger partial charge in [-0.3, -0.25) is 4.79 Å². The molecule has 12 heteroatoms. The van der Waals surface area contributed by atoms with Gasteiger partial charge in [0.2, 0.25) is 11.1 Å². The second-order valence-corrected chi connectivity index (χ2v) is 8.96. The van der Waals surface area contributed by atoms with E-state index < -0.39 is 16.9 Å². The lowest BCUT2D eigenvalue weighted by Crippen LogP contribution is -2.23. The van der Waals surface area contributed by atoms with Gasteiger partial charge in [-0.1, -0.05) is 23.9 Å². The van der Waals surface area contributed by atoms with Crippen LogP contribution in [0.4, 0.5) is 13.9 Å². The summed E-state index contributed by atoms with van der Waals surface area (Å²) < 4.78 is 33.3. The number of aromatic nitrogens is 4. The van der Waals surface area contributed by atoms with Crippen molar-refractivity contribution >= 4 is 34.1 Å². The number of rotatable bonds is 7. The Bertz CT molecular complexity index is 1310. The molecule has 0 spiro atoms. The van der Waals surface area contributed by atoms with Gasteiger partial charge < -0.3 is 15.9 Å². The van der Waals surface area contributed by atoms with Gasteiger partial charge in [-0.25, -0.2) is 18.4 Å². The number of carbonyl (C=O) groups is 1. The molecular weight excluding hydrogens is 470 g/mol. The zero-order valence-corrected chi connectivity index (χ0v) is 19.1. The van der Waals surface area contributed by atoms with Crippen molar-refractivity contribution in [1.82, 2.24) is 19.9 Å². The van der Waals surface area contributed by atoms with Gasteiger partial charge in [-0.2, -0.15) is 0 Å². The van der Waals surface area contributed by atoms with Gasteiger partial charge in [0, 0.05) is 10.9 Å². The van der Waals surface area contributed by atoms with Gasteiger partial charge in [0.25, 0.3) is 0 Å². The van der Waals surface area contributed by atoms with Crippen LogP contribution in [-0.4, -0.2) is 38.1 Å². The van der Waals surface area contributed by atoms with E-state index in [0.29, 0.717) is 38.7 Å². The number of hydrogen-bond donors (Lipinski definition) is 2. The monoisotopic (exact) mass is 488 g/mol. The summed E-state index contributed by atoms with van der Waals surface area (Å²) in [7, 11) is 1.55. The number of thiazole rings is 1. The third-order valence-electron chi connectivity index (χ3n) is 4.61. The maximum atomic E-state index is 13.5. The first-order valence-corrected chi connectivity index (χ1v) is 11.4. The third kappa shape index (κ3) is 4.81. The predicted molar refractivity (Wildman–Crippen MR) is 124 cm³/mol. The zero-order chi connectivity index (χ0) is 23.5. The largest absolute Gasteiger partial charge is 0.496 e. The van der Waals surface area contributed by atoms with Crippen LogP contribution in [0.15, 0.2) is 53.0 Å². The lowest BCUT2D eigenvalue weighted by molar-refractivity contribution is -0.115. The Hall–Kier alpha value is -3.51. The number of anilines is 1. The molecule has 1 amide bonds. The van der Waals surface area contributed by atoms with Gasteiger partial charge in [-0.05, 0) is 37.3 Å². The molecule has 0 aliphatic heterocycles. The molecule has 0 fully saturated rings. The van der Waals surface area contributed by atoms with Crippen molar-refractivity contribution in [2.75, 3.05) is 18.3 Å². The standard InChI is InChI=1S/C21H18F2N6O2S2/c1-11(33-21-28-27-18(29(21)24)13-5-3-4-6-17(13)31-2)19(30)26-20-25-16(10-32-20)12-7-8-14(22)15(23)9-12/h3-11H,24H2,1-2H3,(H,25,26,30). The number of ether oxygens (including phenoxy) is 1. The number of nitrogen functional groups attached to an aromatic ring is 1. The third-order valence-corrected chi connectivity index (χ3v) is 6.43. The zero-order valence-electron chi connectivity index (χ0n) is 17.5. The first kappa shape index (κ1) is 22.7. The van der Waals surface area contributed by atoms with Gasteiger partial charge >= 0.3 is 0 Å². The molecule has 0 saturated carbocycles. The average molecular weight is 489 g/mol. The molecule has 33 heavy (non-hydrogen) atoms. The number of hydrogen-bond acceptors (Lipinski definition) is 8. The summed E-state index contributed by atoms with van der Waals surface area (Å²) in [6.45, 7) is 1.70. The van der Waals surface area contributed by atoms with E-state index in [1.165, 1.54) is 22.1 Å². The maximum Gasteiger partial charge on any atom is 0.239 e. The molecule has 1 unspecified atom stereocenters. The number of nitrogens with two attached hydrogens (primary N) is 1. The number of carbonyl (C=O) groups excluding carboxylic acids is 1. The van der Waals surface area contributed by atoms with Gasteiger partial charge in [0.05, 0.1) is 23.6 Å². The molecule has 2 heterocycles. The molecule has 2 aromatic carbocycles. The van der Waals surface area contributed by atoms with E-state index >= 15 is 0 Å². The molecule has 3 N–H and O–H groups in total. The summed E-state index contributed by atoms with van der Waals surface area (Å²) in [5.41, 5.74) is 1.51. The van der Waals surface area contributed by atoms with Crippen LogP contribution in [0.5, 0.6) is 5.75 Å². The molecule has 1 atom stereocenters. The molecule has 4 rings (SSSR count). The molecule has 0 radical (unpaired) electrons. The van der Waals surface area contributed by atoms with Crippen molar-refractivity contribution < 1.29 is 18.3 Å². The first-order chi connectivity index (χ1) is 15.9. The molecule has 170 valence electrons. The van der Waals surface area contributed by atoms with Crippen LogP contribution < -0.4 is 15.9 Å². The highest BCUT2D eigenvalue weighted by molar-refractivity contribution is 8.00. The Kier molecular flexibility index (Phi) is 6.56. The molecule has 8 nitrogen and oxygen atoms in total. The summed E-state index contributed by atoms with van der Waals surface area (Å²) in [6.07, 6.45) is 0. The van der Waals surface area contributed by atoms with Crippen LogP contribution >= 0.6 is 23.1 Å². The van der Waals surface area contributed by atoms with Crippen molar-refractivity contribution in [3.63, 3.8) is 0 Å². The van der Waals surface area contributed by atoms with Gasteiger partial charge in [-0.15, -0.1) is 21.5 Å². The van der Waals surface area contributed by atoms with Crippen molar-refractivity contribution in [2.45, 2.75) is 17.3 Å². The average Bonchev–Trinajstić information content (AvgIpc) is 3.42. The van der Waals surface area contributed by atoms with Crippen molar-refractivity contribution in [2.24, 2.45) is 0 Å². The molecule has 0 aliphatic rings. The topological polar surface area (TPSA) is 108 Å². The summed E-state index contributed by atoms with van der Waals surface area (Å²) in [5, 5.41) is 12.7. The molecule has 2 aromatic heterocycles. The number of nitrogens with one attached hydrogen (secondary N) is 1. The Morgan fingerprint density at radius 1 is 1.21 bits per heavy atom. The quantitative estimate of drug-likeness (QED) is 0.297. The summed E-state index contributed by atoms with van der Waals surface area (Å²) in [4.78, 5) is 16.9. The number of thioether (sulfide) groups is 1. The molecule has 0 saturated heterocycles. The first-order valence-electron chi connectivity index (χ1n) is 9.59. The highest BCUT2D eigenvalue weighted by Gasteiger charge is 2.22. The van der Waals surface area contributed by atoms with Crippen LogP contribution in [-0.2, 0) is 4.79 Å². The lowest BCUT2D eigenvalue weighted by atomic mass is 10.2. The summed E-state index contributed by atoms with van der Waals surface area (Å²) in [5.74, 6) is 4.94. The lowest BCUT2D eigenvalue weighted by Gasteiger charge is -2.11. The number of nitrogens with zero attached hydrogens (tertiary/aromatic N) is 4. The van der Waals surface area contributed by atoms with Crippen LogP contribution in [0, 0.1) is 11.6 Å². The van der Waals surface area contributed by atoms with Crippen molar-refractivity contribution in [1.29, 1.82) is 0 Å². The predicted octanol–water partition coefficient (Wildman–Crippen LogP) is 4.19. The fourth-order valence-corrected chi connectivity index (χ4v) is 4.40. The van der Waals surface area contributed by atoms with Crippen LogP contribution in [0.25, 0.3) is 22.6 Å². The van der Waals surface area contributed by atoms with Crippen molar-refractivity contribution in [3.8, 4) is 28.4 Å². The molecular formula is C21H18F2N6O2S2. The fourth-order valence-electron chi connectivity index (χ4n) is 2.91. The highest BCUT2D eigenvalue weighted by atomic mass is 32.2. The van der Waals surface area contributed by atoms with E-state index in [9.17, 15) is 13.6 Å². The van der Waals surface area contributed by atoms with E-state index in [1.807, 2.05) is 18.2 Å². The minimum absolute atomic E-state index is 0.326. The van der Waals surface area contributed by atoms with E-state index in [1.54, 1.807) is 25.5 Å². The number of benzene rings is 2. The minimum Gasteiger partial charge on any atom is -0.496 e. The second kappa shape index (κ2) is 9.55. The second-order valence-electron chi connectivity index (χ2n) is 6.79. The SMILES string of the molecule is COc1ccccc1-c1nnc(SC(C)C(=O)Nc2nc(-c3ccc(F)c(F)c3)cs2)n1N. The molecule has 4 aromatic rings. The van der Waals surface area contributed by atoms with E-state index in [4.69, 9.17) is 10.6 Å². The van der Waals surface area contributed by atoms with Gasteiger partial charge in [0.1, 0.15) is 5.75 Å². The summed E-state index contributed by atoms with van der Waals surface area (Å²) >= 11 is 2.31. The minimum atomic E-state index is -0.963. The Balaban J connectivity index is 1.44. The molecule has 0 bridgehead atoms. The van der Waals surface area contributed by atoms with Gasteiger partial charge in [0.15, 0.2) is 22.6 Å². The van der Waals surface area contributed by atoms with Crippen LogP contribution in [0.2, 0.25) is 0 Å².